The first-order valence-corrected chi connectivity index (χ1v) is 6.98. The fourth-order valence-electron chi connectivity index (χ4n) is 2.10. The molecule has 0 atom stereocenters. The molecule has 20 heavy (non-hydrogen) atoms. The van der Waals surface area contributed by atoms with E-state index in [1.165, 1.54) is 5.69 Å². The molecule has 0 unspecified atom stereocenters. The molecule has 0 spiro atoms. The summed E-state index contributed by atoms with van der Waals surface area (Å²) in [6, 6.07) is 5.88. The second-order valence-corrected chi connectivity index (χ2v) is 5.13. The van der Waals surface area contributed by atoms with Gasteiger partial charge in [-0.25, -0.2) is 0 Å². The molecule has 0 aromatic carbocycles. The molecule has 0 aliphatic heterocycles. The van der Waals surface area contributed by atoms with E-state index in [0.29, 0.717) is 10.7 Å². The van der Waals surface area contributed by atoms with Crippen LogP contribution in [0.15, 0.2) is 24.4 Å². The van der Waals surface area contributed by atoms with Gasteiger partial charge in [0.25, 0.3) is 0 Å². The van der Waals surface area contributed by atoms with E-state index in [1.807, 2.05) is 23.7 Å². The zero-order valence-electron chi connectivity index (χ0n) is 11.8. The Morgan fingerprint density at radius 2 is 2.25 bits per heavy atom. The maximum absolute atomic E-state index is 5.65. The van der Waals surface area contributed by atoms with Crippen molar-refractivity contribution in [3.05, 3.63) is 41.5 Å². The largest absolute Gasteiger partial charge is 0.388 e. The third-order valence-corrected chi connectivity index (χ3v) is 3.20. The molecular formula is C14H19N5S. The lowest BCUT2D eigenvalue weighted by atomic mass is 10.3. The number of anilines is 1. The molecule has 5 nitrogen and oxygen atoms in total. The van der Waals surface area contributed by atoms with Gasteiger partial charge in [-0.1, -0.05) is 12.2 Å². The van der Waals surface area contributed by atoms with Crippen LogP contribution >= 0.6 is 12.2 Å². The molecule has 0 saturated heterocycles. The number of aryl methyl sites for hydroxylation is 3. The maximum atomic E-state index is 5.65. The van der Waals surface area contributed by atoms with Crippen molar-refractivity contribution in [1.82, 2.24) is 14.8 Å². The van der Waals surface area contributed by atoms with Gasteiger partial charge in [0.05, 0.1) is 11.4 Å². The summed E-state index contributed by atoms with van der Waals surface area (Å²) in [5, 5.41) is 7.76. The average molecular weight is 289 g/mol. The highest BCUT2D eigenvalue weighted by Crippen LogP contribution is 2.12. The Hall–Kier alpha value is -1.95. The first-order chi connectivity index (χ1) is 9.58. The van der Waals surface area contributed by atoms with Crippen LogP contribution < -0.4 is 11.1 Å². The summed E-state index contributed by atoms with van der Waals surface area (Å²) < 4.78 is 2.02. The second kappa shape index (κ2) is 6.47. The number of thiocarbonyl (C=S) groups is 1. The number of hydrogen-bond donors (Lipinski definition) is 2. The van der Waals surface area contributed by atoms with Gasteiger partial charge in [-0.3, -0.25) is 9.67 Å². The summed E-state index contributed by atoms with van der Waals surface area (Å²) >= 11 is 4.99. The number of rotatable bonds is 6. The molecule has 0 bridgehead atoms. The fraction of sp³-hybridized carbons (Fsp3) is 0.357. The van der Waals surface area contributed by atoms with Gasteiger partial charge in [-0.05, 0) is 38.5 Å². The molecule has 0 aliphatic carbocycles. The lowest BCUT2D eigenvalue weighted by Gasteiger charge is -2.10. The molecule has 2 aromatic heterocycles. The highest BCUT2D eigenvalue weighted by atomic mass is 32.1. The van der Waals surface area contributed by atoms with E-state index in [4.69, 9.17) is 18.0 Å². The molecule has 3 N–H and O–H groups in total. The molecule has 6 heteroatoms. The van der Waals surface area contributed by atoms with Crippen LogP contribution in [0.5, 0.6) is 0 Å². The van der Waals surface area contributed by atoms with E-state index >= 15 is 0 Å². The minimum Gasteiger partial charge on any atom is -0.388 e. The van der Waals surface area contributed by atoms with E-state index in [0.717, 1.165) is 30.9 Å². The highest BCUT2D eigenvalue weighted by molar-refractivity contribution is 7.80. The number of pyridine rings is 1. The predicted octanol–water partition coefficient (Wildman–Crippen LogP) is 2.03. The van der Waals surface area contributed by atoms with Crippen LogP contribution in [-0.2, 0) is 6.54 Å². The van der Waals surface area contributed by atoms with E-state index in [-0.39, 0.29) is 0 Å². The molecule has 0 saturated carbocycles. The fourth-order valence-corrected chi connectivity index (χ4v) is 2.26. The minimum absolute atomic E-state index is 0.312. The average Bonchev–Trinajstić information content (AvgIpc) is 2.73. The summed E-state index contributed by atoms with van der Waals surface area (Å²) in [7, 11) is 0. The Morgan fingerprint density at radius 1 is 1.45 bits per heavy atom. The van der Waals surface area contributed by atoms with Crippen molar-refractivity contribution in [2.24, 2.45) is 5.73 Å². The summed E-state index contributed by atoms with van der Waals surface area (Å²) in [6.07, 6.45) is 2.66. The molecule has 2 aromatic rings. The summed E-state index contributed by atoms with van der Waals surface area (Å²) in [5.74, 6) is 0. The monoisotopic (exact) mass is 289 g/mol. The number of nitrogens with two attached hydrogens (primary N) is 1. The van der Waals surface area contributed by atoms with Crippen molar-refractivity contribution in [1.29, 1.82) is 0 Å². The van der Waals surface area contributed by atoms with Crippen molar-refractivity contribution in [2.75, 3.05) is 11.9 Å². The first kappa shape index (κ1) is 14.5. The highest BCUT2D eigenvalue weighted by Gasteiger charge is 2.05. The lowest BCUT2D eigenvalue weighted by molar-refractivity contribution is 0.573. The molecule has 2 heterocycles. The molecule has 2 rings (SSSR count). The van der Waals surface area contributed by atoms with Crippen molar-refractivity contribution < 1.29 is 0 Å². The third kappa shape index (κ3) is 3.54. The van der Waals surface area contributed by atoms with E-state index in [2.05, 4.69) is 28.4 Å². The topological polar surface area (TPSA) is 68.8 Å². The predicted molar refractivity (Wildman–Crippen MR) is 84.9 cm³/mol. The Labute approximate surface area is 124 Å². The van der Waals surface area contributed by atoms with Crippen LogP contribution in [0.4, 0.5) is 5.69 Å². The van der Waals surface area contributed by atoms with Gasteiger partial charge in [0, 0.05) is 25.0 Å². The van der Waals surface area contributed by atoms with Crippen molar-refractivity contribution in [3.8, 4) is 0 Å². The lowest BCUT2D eigenvalue weighted by Crippen LogP contribution is -2.16. The van der Waals surface area contributed by atoms with Gasteiger partial charge in [0.1, 0.15) is 10.7 Å². The van der Waals surface area contributed by atoms with Crippen LogP contribution in [0.1, 0.15) is 23.5 Å². The molecule has 106 valence electrons. The number of nitrogens with zero attached hydrogens (tertiary/aromatic N) is 3. The van der Waals surface area contributed by atoms with Gasteiger partial charge in [0.2, 0.25) is 0 Å². The maximum Gasteiger partial charge on any atom is 0.124 e. The van der Waals surface area contributed by atoms with Crippen LogP contribution in [0.3, 0.4) is 0 Å². The Balaban J connectivity index is 1.88. The van der Waals surface area contributed by atoms with Gasteiger partial charge in [-0.15, -0.1) is 0 Å². The quantitative estimate of drug-likeness (QED) is 0.629. The van der Waals surface area contributed by atoms with Crippen LogP contribution in [0.2, 0.25) is 0 Å². The van der Waals surface area contributed by atoms with Crippen LogP contribution in [-0.4, -0.2) is 26.3 Å². The summed E-state index contributed by atoms with van der Waals surface area (Å²) in [4.78, 5) is 4.50. The first-order valence-electron chi connectivity index (χ1n) is 6.57. The summed E-state index contributed by atoms with van der Waals surface area (Å²) in [5.41, 5.74) is 9.42. The van der Waals surface area contributed by atoms with Crippen LogP contribution in [0.25, 0.3) is 0 Å². The van der Waals surface area contributed by atoms with Crippen molar-refractivity contribution in [2.45, 2.75) is 26.8 Å². The smallest absolute Gasteiger partial charge is 0.124 e. The van der Waals surface area contributed by atoms with E-state index in [9.17, 15) is 0 Å². The number of hydrogen-bond acceptors (Lipinski definition) is 4. The van der Waals surface area contributed by atoms with Gasteiger partial charge < -0.3 is 11.1 Å². The van der Waals surface area contributed by atoms with Gasteiger partial charge >= 0.3 is 0 Å². The van der Waals surface area contributed by atoms with Crippen molar-refractivity contribution in [3.63, 3.8) is 0 Å². The zero-order chi connectivity index (χ0) is 14.5. The van der Waals surface area contributed by atoms with E-state index < -0.39 is 0 Å². The minimum atomic E-state index is 0.312. The van der Waals surface area contributed by atoms with E-state index in [1.54, 1.807) is 6.20 Å². The Morgan fingerprint density at radius 3 is 2.90 bits per heavy atom. The standard InChI is InChI=1S/C14H19N5S/c1-10-9-11(2)19(18-10)8-4-7-16-12-5-3-6-17-13(12)14(15)20/h3,5-6,9,16H,4,7-8H2,1-2H3,(H2,15,20). The summed E-state index contributed by atoms with van der Waals surface area (Å²) in [6.45, 7) is 5.78. The number of aromatic nitrogens is 3. The molecule has 0 amide bonds. The Bertz CT molecular complexity index is 605. The molecule has 0 fully saturated rings. The SMILES string of the molecule is Cc1cc(C)n(CCCNc2cccnc2C(N)=S)n1. The number of nitrogens with one attached hydrogen (secondary N) is 1. The normalized spacial score (nSPS) is 10.5. The van der Waals surface area contributed by atoms with Crippen molar-refractivity contribution >= 4 is 22.9 Å². The molecule has 0 aliphatic rings. The zero-order valence-corrected chi connectivity index (χ0v) is 12.6. The van der Waals surface area contributed by atoms with Gasteiger partial charge in [-0.2, -0.15) is 5.10 Å². The molecule has 0 radical (unpaired) electrons. The van der Waals surface area contributed by atoms with Crippen LogP contribution in [0, 0.1) is 13.8 Å². The van der Waals surface area contributed by atoms with Gasteiger partial charge in [0.15, 0.2) is 0 Å². The second-order valence-electron chi connectivity index (χ2n) is 4.69. The Kier molecular flexibility index (Phi) is 4.68. The molecular weight excluding hydrogens is 270 g/mol. The third-order valence-electron chi connectivity index (χ3n) is 3.01.